The lowest BCUT2D eigenvalue weighted by Crippen LogP contribution is -2.41. The molecule has 3 heterocycles. The van der Waals surface area contributed by atoms with Gasteiger partial charge in [0.1, 0.15) is 5.82 Å². The highest BCUT2D eigenvalue weighted by Gasteiger charge is 2.36. The fourth-order valence-electron chi connectivity index (χ4n) is 4.43. The molecule has 13 nitrogen and oxygen atoms in total. The van der Waals surface area contributed by atoms with Gasteiger partial charge in [0, 0.05) is 36.8 Å². The number of nitro benzene ring substituents is 1. The SMILES string of the molecule is CCOC(=O)C1CCN(c2nc3c(c(=O)[nH]2)C(C(=O)Nc2ccc(C)c([N+](=O)[O-])c2)CC(=O)N3)CC1. The lowest BCUT2D eigenvalue weighted by molar-refractivity contribution is -0.385. The number of piperidine rings is 1. The Bertz CT molecular complexity index is 1280. The molecule has 1 saturated heterocycles. The second-order valence-corrected chi connectivity index (χ2v) is 8.72. The van der Waals surface area contributed by atoms with Gasteiger partial charge in [-0.2, -0.15) is 4.98 Å². The van der Waals surface area contributed by atoms with Crippen LogP contribution in [-0.2, 0) is 19.1 Å². The van der Waals surface area contributed by atoms with Gasteiger partial charge in [0.25, 0.3) is 11.2 Å². The average molecular weight is 498 g/mol. The van der Waals surface area contributed by atoms with Gasteiger partial charge in [0.05, 0.1) is 28.9 Å². The highest BCUT2D eigenvalue weighted by atomic mass is 16.6. The second kappa shape index (κ2) is 10.1. The molecule has 190 valence electrons. The highest BCUT2D eigenvalue weighted by Crippen LogP contribution is 2.32. The molecule has 0 spiro atoms. The summed E-state index contributed by atoms with van der Waals surface area (Å²) in [5.41, 5.74) is -0.114. The van der Waals surface area contributed by atoms with E-state index in [9.17, 15) is 29.3 Å². The van der Waals surface area contributed by atoms with Crippen LogP contribution in [0.15, 0.2) is 23.0 Å². The Balaban J connectivity index is 1.55. The second-order valence-electron chi connectivity index (χ2n) is 8.72. The van der Waals surface area contributed by atoms with Crippen LogP contribution in [0.3, 0.4) is 0 Å². The number of H-pyrrole nitrogens is 1. The summed E-state index contributed by atoms with van der Waals surface area (Å²) in [5, 5.41) is 16.3. The van der Waals surface area contributed by atoms with Crippen molar-refractivity contribution in [2.24, 2.45) is 5.92 Å². The molecule has 3 N–H and O–H groups in total. The first-order chi connectivity index (χ1) is 17.2. The van der Waals surface area contributed by atoms with Crippen LogP contribution in [0, 0.1) is 23.0 Å². The Labute approximate surface area is 205 Å². The quantitative estimate of drug-likeness (QED) is 0.304. The number of benzene rings is 1. The molecule has 2 aliphatic rings. The fraction of sp³-hybridized carbons (Fsp3) is 0.435. The molecule has 36 heavy (non-hydrogen) atoms. The summed E-state index contributed by atoms with van der Waals surface area (Å²) in [6, 6.07) is 4.24. The highest BCUT2D eigenvalue weighted by molar-refractivity contribution is 6.04. The molecule has 4 rings (SSSR count). The number of fused-ring (bicyclic) bond motifs is 1. The minimum absolute atomic E-state index is 0.00690. The van der Waals surface area contributed by atoms with E-state index in [2.05, 4.69) is 20.6 Å². The van der Waals surface area contributed by atoms with Crippen molar-refractivity contribution in [2.75, 3.05) is 35.2 Å². The number of aromatic amines is 1. The lowest BCUT2D eigenvalue weighted by Gasteiger charge is -2.32. The number of ether oxygens (including phenoxy) is 1. The molecule has 2 aliphatic heterocycles. The number of nitro groups is 1. The number of rotatable bonds is 6. The number of hydrogen-bond donors (Lipinski definition) is 3. The van der Waals surface area contributed by atoms with E-state index in [0.29, 0.717) is 38.1 Å². The third-order valence-electron chi connectivity index (χ3n) is 6.34. The van der Waals surface area contributed by atoms with E-state index >= 15 is 0 Å². The van der Waals surface area contributed by atoms with Gasteiger partial charge in [0.2, 0.25) is 17.8 Å². The fourth-order valence-corrected chi connectivity index (χ4v) is 4.43. The minimum atomic E-state index is -1.13. The average Bonchev–Trinajstić information content (AvgIpc) is 2.84. The van der Waals surface area contributed by atoms with Crippen molar-refractivity contribution >= 4 is 40.9 Å². The number of esters is 1. The maximum atomic E-state index is 13.0. The maximum Gasteiger partial charge on any atom is 0.309 e. The first kappa shape index (κ1) is 24.8. The first-order valence-corrected chi connectivity index (χ1v) is 11.6. The van der Waals surface area contributed by atoms with Crippen LogP contribution < -0.4 is 21.1 Å². The predicted octanol–water partition coefficient (Wildman–Crippen LogP) is 1.83. The molecule has 0 radical (unpaired) electrons. The van der Waals surface area contributed by atoms with Gasteiger partial charge in [-0.1, -0.05) is 6.07 Å². The molecule has 2 aromatic rings. The largest absolute Gasteiger partial charge is 0.466 e. The molecule has 0 saturated carbocycles. The minimum Gasteiger partial charge on any atom is -0.466 e. The number of aromatic nitrogens is 2. The molecular formula is C23H26N6O7. The molecule has 1 aromatic heterocycles. The van der Waals surface area contributed by atoms with Crippen LogP contribution in [0.1, 0.15) is 43.2 Å². The van der Waals surface area contributed by atoms with Crippen molar-refractivity contribution in [2.45, 2.75) is 39.0 Å². The molecule has 2 amide bonds. The molecule has 1 atom stereocenters. The normalized spacial score (nSPS) is 17.7. The summed E-state index contributed by atoms with van der Waals surface area (Å²) in [5.74, 6) is -2.51. The van der Waals surface area contributed by atoms with E-state index in [4.69, 9.17) is 4.74 Å². The zero-order valence-electron chi connectivity index (χ0n) is 19.8. The van der Waals surface area contributed by atoms with E-state index in [0.717, 1.165) is 0 Å². The number of aryl methyl sites for hydroxylation is 1. The van der Waals surface area contributed by atoms with Gasteiger partial charge in [-0.25, -0.2) is 0 Å². The van der Waals surface area contributed by atoms with Gasteiger partial charge in [-0.3, -0.25) is 34.3 Å². The van der Waals surface area contributed by atoms with Gasteiger partial charge in [0.15, 0.2) is 0 Å². The summed E-state index contributed by atoms with van der Waals surface area (Å²) in [6.07, 6.45) is 0.779. The number of nitrogens with one attached hydrogen (secondary N) is 3. The number of hydrogen-bond acceptors (Lipinski definition) is 9. The Kier molecular flexibility index (Phi) is 6.99. The Morgan fingerprint density at radius 2 is 2.00 bits per heavy atom. The molecule has 0 aliphatic carbocycles. The summed E-state index contributed by atoms with van der Waals surface area (Å²) >= 11 is 0. The van der Waals surface area contributed by atoms with Gasteiger partial charge in [-0.05, 0) is 32.8 Å². The molecule has 1 fully saturated rings. The summed E-state index contributed by atoms with van der Waals surface area (Å²) in [6.45, 7) is 4.55. The van der Waals surface area contributed by atoms with Crippen LogP contribution in [0.5, 0.6) is 0 Å². The van der Waals surface area contributed by atoms with Crippen molar-refractivity contribution in [1.29, 1.82) is 0 Å². The summed E-state index contributed by atoms with van der Waals surface area (Å²) in [4.78, 5) is 70.0. The Hall–Kier alpha value is -4.29. The van der Waals surface area contributed by atoms with Crippen molar-refractivity contribution in [1.82, 2.24) is 9.97 Å². The predicted molar refractivity (Wildman–Crippen MR) is 129 cm³/mol. The Morgan fingerprint density at radius 1 is 1.28 bits per heavy atom. The number of carbonyl (C=O) groups excluding carboxylic acids is 3. The van der Waals surface area contributed by atoms with Crippen molar-refractivity contribution in [3.8, 4) is 0 Å². The van der Waals surface area contributed by atoms with Gasteiger partial charge < -0.3 is 20.3 Å². The maximum absolute atomic E-state index is 13.0. The van der Waals surface area contributed by atoms with Crippen molar-refractivity contribution in [3.05, 3.63) is 49.8 Å². The molecule has 13 heteroatoms. The first-order valence-electron chi connectivity index (χ1n) is 11.6. The zero-order valence-corrected chi connectivity index (χ0v) is 19.8. The zero-order chi connectivity index (χ0) is 26.0. The smallest absolute Gasteiger partial charge is 0.309 e. The molecule has 1 unspecified atom stereocenters. The van der Waals surface area contributed by atoms with Crippen molar-refractivity contribution < 1.29 is 24.0 Å². The number of amides is 2. The Morgan fingerprint density at radius 3 is 2.67 bits per heavy atom. The monoisotopic (exact) mass is 498 g/mol. The molecule has 1 aromatic carbocycles. The third kappa shape index (κ3) is 5.04. The van der Waals surface area contributed by atoms with Crippen LogP contribution in [0.4, 0.5) is 23.1 Å². The molecular weight excluding hydrogens is 472 g/mol. The van der Waals surface area contributed by atoms with Crippen LogP contribution >= 0.6 is 0 Å². The summed E-state index contributed by atoms with van der Waals surface area (Å²) < 4.78 is 5.08. The molecule has 0 bridgehead atoms. The summed E-state index contributed by atoms with van der Waals surface area (Å²) in [7, 11) is 0. The van der Waals surface area contributed by atoms with E-state index in [1.54, 1.807) is 18.7 Å². The lowest BCUT2D eigenvalue weighted by atomic mass is 9.92. The van der Waals surface area contributed by atoms with Crippen LogP contribution in [0.25, 0.3) is 0 Å². The number of anilines is 3. The standard InChI is InChI=1S/C23H26N6O7/c1-3-36-22(33)13-6-8-28(9-7-13)23-26-19-18(21(32)27-23)15(11-17(30)25-19)20(31)24-14-5-4-12(2)16(10-14)29(34)35/h4-5,10,13,15H,3,6-9,11H2,1-2H3,(H,24,31)(H2,25,26,27,30,32). The van der Waals surface area contributed by atoms with E-state index in [-0.39, 0.29) is 47.0 Å². The van der Waals surface area contributed by atoms with Gasteiger partial charge in [-0.15, -0.1) is 0 Å². The number of nitrogens with zero attached hydrogens (tertiary/aromatic N) is 3. The van der Waals surface area contributed by atoms with Crippen LogP contribution in [-0.4, -0.2) is 52.4 Å². The van der Waals surface area contributed by atoms with E-state index < -0.39 is 28.2 Å². The topological polar surface area (TPSA) is 177 Å². The van der Waals surface area contributed by atoms with Crippen LogP contribution in [0.2, 0.25) is 0 Å². The van der Waals surface area contributed by atoms with Gasteiger partial charge >= 0.3 is 5.97 Å². The van der Waals surface area contributed by atoms with Crippen molar-refractivity contribution in [3.63, 3.8) is 0 Å². The van der Waals surface area contributed by atoms with E-state index in [1.807, 2.05) is 0 Å². The number of carbonyl (C=O) groups is 3. The van der Waals surface area contributed by atoms with E-state index in [1.165, 1.54) is 18.2 Å². The third-order valence-corrected chi connectivity index (χ3v) is 6.34.